The number of nitrogens with zero attached hydrogens (tertiary/aromatic N) is 3. The van der Waals surface area contributed by atoms with Crippen molar-refractivity contribution in [2.45, 2.75) is 24.3 Å². The van der Waals surface area contributed by atoms with Crippen LogP contribution >= 0.6 is 11.6 Å². The minimum absolute atomic E-state index is 0.138. The molecule has 2 aliphatic rings. The molecule has 0 bridgehead atoms. The first-order chi connectivity index (χ1) is 16.3. The Morgan fingerprint density at radius 3 is 2.41 bits per heavy atom. The fourth-order valence-electron chi connectivity index (χ4n) is 4.83. The van der Waals surface area contributed by atoms with E-state index in [0.717, 1.165) is 11.3 Å². The molecular weight excluding hydrogens is 470 g/mol. The average Bonchev–Trinajstić information content (AvgIpc) is 3.20. The SMILES string of the molecule is CC1Cc2ccccc2N1S(=O)(=O)c1cccc(C(=O)N2CCN(c3cccc(Cl)c3)CC2)c1. The lowest BCUT2D eigenvalue weighted by Gasteiger charge is -2.36. The van der Waals surface area contributed by atoms with Crippen molar-refractivity contribution in [3.8, 4) is 0 Å². The molecule has 1 amide bonds. The van der Waals surface area contributed by atoms with Crippen molar-refractivity contribution < 1.29 is 13.2 Å². The molecule has 5 rings (SSSR count). The van der Waals surface area contributed by atoms with Crippen molar-refractivity contribution >= 4 is 38.9 Å². The lowest BCUT2D eigenvalue weighted by Crippen LogP contribution is -2.48. The number of carbonyl (C=O) groups excluding carboxylic acids is 1. The van der Waals surface area contributed by atoms with Crippen molar-refractivity contribution in [1.29, 1.82) is 0 Å². The Balaban J connectivity index is 1.34. The van der Waals surface area contributed by atoms with Crippen LogP contribution in [0.15, 0.2) is 77.7 Å². The maximum absolute atomic E-state index is 13.6. The topological polar surface area (TPSA) is 60.9 Å². The third kappa shape index (κ3) is 4.14. The number of para-hydroxylation sites is 1. The number of sulfonamides is 1. The van der Waals surface area contributed by atoms with E-state index in [2.05, 4.69) is 4.90 Å². The van der Waals surface area contributed by atoms with Crippen molar-refractivity contribution in [2.24, 2.45) is 0 Å². The molecule has 176 valence electrons. The highest BCUT2D eigenvalue weighted by atomic mass is 35.5. The van der Waals surface area contributed by atoms with Crippen LogP contribution in [-0.2, 0) is 16.4 Å². The number of hydrogen-bond donors (Lipinski definition) is 0. The van der Waals surface area contributed by atoms with E-state index in [1.54, 1.807) is 23.1 Å². The summed E-state index contributed by atoms with van der Waals surface area (Å²) in [5, 5.41) is 0.684. The van der Waals surface area contributed by atoms with Gasteiger partial charge in [-0.05, 0) is 61.4 Å². The average molecular weight is 496 g/mol. The van der Waals surface area contributed by atoms with Gasteiger partial charge in [-0.2, -0.15) is 0 Å². The second kappa shape index (κ2) is 8.96. The third-order valence-corrected chi connectivity index (χ3v) is 8.68. The van der Waals surface area contributed by atoms with E-state index in [1.807, 2.05) is 55.5 Å². The Morgan fingerprint density at radius 2 is 1.65 bits per heavy atom. The molecule has 1 unspecified atom stereocenters. The first kappa shape index (κ1) is 22.7. The zero-order valence-corrected chi connectivity index (χ0v) is 20.5. The van der Waals surface area contributed by atoms with E-state index >= 15 is 0 Å². The summed E-state index contributed by atoms with van der Waals surface area (Å²) in [4.78, 5) is 17.4. The summed E-state index contributed by atoms with van der Waals surface area (Å²) in [5.74, 6) is -0.155. The highest BCUT2D eigenvalue weighted by Gasteiger charge is 2.36. The molecule has 0 aliphatic carbocycles. The van der Waals surface area contributed by atoms with Gasteiger partial charge in [0.2, 0.25) is 0 Å². The first-order valence-corrected chi connectivity index (χ1v) is 13.2. The standard InChI is InChI=1S/C26H26ClN3O3S/c1-19-16-20-6-2-3-11-25(20)30(19)34(32,33)24-10-4-7-21(17-24)26(31)29-14-12-28(13-15-29)23-9-5-8-22(27)18-23/h2-11,17-19H,12-16H2,1H3. The summed E-state index contributed by atoms with van der Waals surface area (Å²) in [6, 6.07) is 21.5. The van der Waals surface area contributed by atoms with Crippen molar-refractivity contribution in [2.75, 3.05) is 35.4 Å². The van der Waals surface area contributed by atoms with E-state index in [4.69, 9.17) is 11.6 Å². The minimum atomic E-state index is -3.80. The summed E-state index contributed by atoms with van der Waals surface area (Å²) in [6.45, 7) is 4.39. The van der Waals surface area contributed by atoms with E-state index in [9.17, 15) is 13.2 Å². The summed E-state index contributed by atoms with van der Waals surface area (Å²) < 4.78 is 28.6. The Bertz CT molecular complexity index is 1340. The number of carbonyl (C=O) groups is 1. The van der Waals surface area contributed by atoms with Crippen LogP contribution < -0.4 is 9.21 Å². The van der Waals surface area contributed by atoms with Crippen LogP contribution in [0.25, 0.3) is 0 Å². The quantitative estimate of drug-likeness (QED) is 0.536. The maximum Gasteiger partial charge on any atom is 0.264 e. The number of halogens is 1. The van der Waals surface area contributed by atoms with Gasteiger partial charge in [-0.3, -0.25) is 9.10 Å². The zero-order valence-electron chi connectivity index (χ0n) is 18.9. The van der Waals surface area contributed by atoms with Crippen LogP contribution in [0.5, 0.6) is 0 Å². The van der Waals surface area contributed by atoms with Gasteiger partial charge in [0, 0.05) is 48.5 Å². The number of benzene rings is 3. The zero-order chi connectivity index (χ0) is 23.9. The second-order valence-corrected chi connectivity index (χ2v) is 11.0. The predicted octanol–water partition coefficient (Wildman–Crippen LogP) is 4.44. The Hall–Kier alpha value is -3.03. The molecule has 0 radical (unpaired) electrons. The van der Waals surface area contributed by atoms with E-state index in [-0.39, 0.29) is 16.8 Å². The summed E-state index contributed by atoms with van der Waals surface area (Å²) in [5.41, 5.74) is 3.15. The van der Waals surface area contributed by atoms with E-state index in [1.165, 1.54) is 10.4 Å². The van der Waals surface area contributed by atoms with Gasteiger partial charge >= 0.3 is 0 Å². The first-order valence-electron chi connectivity index (χ1n) is 11.4. The number of anilines is 2. The van der Waals surface area contributed by atoms with Gasteiger partial charge in [-0.15, -0.1) is 0 Å². The molecule has 8 heteroatoms. The second-order valence-electron chi connectivity index (χ2n) is 8.77. The minimum Gasteiger partial charge on any atom is -0.368 e. The molecule has 2 aliphatic heterocycles. The van der Waals surface area contributed by atoms with Gasteiger partial charge in [0.1, 0.15) is 0 Å². The normalized spacial score (nSPS) is 18.2. The molecule has 0 spiro atoms. The molecule has 6 nitrogen and oxygen atoms in total. The molecule has 1 fully saturated rings. The van der Waals surface area contributed by atoms with Crippen LogP contribution in [0, 0.1) is 0 Å². The lowest BCUT2D eigenvalue weighted by molar-refractivity contribution is 0.0746. The molecule has 34 heavy (non-hydrogen) atoms. The maximum atomic E-state index is 13.6. The van der Waals surface area contributed by atoms with Crippen LogP contribution in [0.4, 0.5) is 11.4 Å². The van der Waals surface area contributed by atoms with E-state index < -0.39 is 10.0 Å². The van der Waals surface area contributed by atoms with Gasteiger partial charge in [-0.25, -0.2) is 8.42 Å². The third-order valence-electron chi connectivity index (χ3n) is 6.52. The molecule has 0 aromatic heterocycles. The van der Waals surface area contributed by atoms with Gasteiger partial charge < -0.3 is 9.80 Å². The predicted molar refractivity (Wildman–Crippen MR) is 135 cm³/mol. The van der Waals surface area contributed by atoms with Crippen LogP contribution in [0.2, 0.25) is 5.02 Å². The fourth-order valence-corrected chi connectivity index (χ4v) is 6.75. The monoisotopic (exact) mass is 495 g/mol. The van der Waals surface area contributed by atoms with Crippen LogP contribution in [-0.4, -0.2) is 51.4 Å². The highest BCUT2D eigenvalue weighted by Crippen LogP contribution is 2.36. The largest absolute Gasteiger partial charge is 0.368 e. The van der Waals surface area contributed by atoms with Crippen molar-refractivity contribution in [3.63, 3.8) is 0 Å². The molecular formula is C26H26ClN3O3S. The van der Waals surface area contributed by atoms with Crippen LogP contribution in [0.3, 0.4) is 0 Å². The van der Waals surface area contributed by atoms with Gasteiger partial charge in [0.05, 0.1) is 10.6 Å². The Labute approximate surface area is 205 Å². The van der Waals surface area contributed by atoms with Crippen molar-refractivity contribution in [3.05, 3.63) is 88.9 Å². The van der Waals surface area contributed by atoms with E-state index in [0.29, 0.717) is 48.9 Å². The molecule has 0 saturated carbocycles. The van der Waals surface area contributed by atoms with Crippen LogP contribution in [0.1, 0.15) is 22.8 Å². The molecule has 3 aromatic rings. The molecule has 1 saturated heterocycles. The molecule has 2 heterocycles. The summed E-state index contributed by atoms with van der Waals surface area (Å²) in [6.07, 6.45) is 0.672. The lowest BCUT2D eigenvalue weighted by atomic mass is 10.1. The van der Waals surface area contributed by atoms with Gasteiger partial charge in [0.15, 0.2) is 0 Å². The Kier molecular flexibility index (Phi) is 6.00. The fraction of sp³-hybridized carbons (Fsp3) is 0.269. The van der Waals surface area contributed by atoms with Gasteiger partial charge in [-0.1, -0.05) is 41.9 Å². The number of amides is 1. The summed E-state index contributed by atoms with van der Waals surface area (Å²) in [7, 11) is -3.80. The molecule has 0 N–H and O–H groups in total. The van der Waals surface area contributed by atoms with Crippen molar-refractivity contribution in [1.82, 2.24) is 4.90 Å². The smallest absolute Gasteiger partial charge is 0.264 e. The number of piperazine rings is 1. The number of rotatable bonds is 4. The molecule has 3 aromatic carbocycles. The van der Waals surface area contributed by atoms with Gasteiger partial charge in [0.25, 0.3) is 15.9 Å². The number of fused-ring (bicyclic) bond motifs is 1. The number of hydrogen-bond acceptors (Lipinski definition) is 4. The Morgan fingerprint density at radius 1 is 0.912 bits per heavy atom. The summed E-state index contributed by atoms with van der Waals surface area (Å²) >= 11 is 6.12. The highest BCUT2D eigenvalue weighted by molar-refractivity contribution is 7.92. The molecule has 1 atom stereocenters.